The van der Waals surface area contributed by atoms with Gasteiger partial charge in [0.15, 0.2) is 5.96 Å². The van der Waals surface area contributed by atoms with Gasteiger partial charge in [-0.1, -0.05) is 6.08 Å². The number of nitrogens with zero attached hydrogens (tertiary/aromatic N) is 2. The Morgan fingerprint density at radius 3 is 2.81 bits per heavy atom. The predicted molar refractivity (Wildman–Crippen MR) is 102 cm³/mol. The molecular weight excluding hydrogens is 377 g/mol. The van der Waals surface area contributed by atoms with E-state index in [4.69, 9.17) is 4.74 Å². The first kappa shape index (κ1) is 20.7. The molecule has 124 valence electrons. The zero-order chi connectivity index (χ0) is 14.6. The SMILES string of the molecule is C=CCCCN(C)C(=NCCCOCC1CC1)NCC.I. The van der Waals surface area contributed by atoms with Gasteiger partial charge in [-0.3, -0.25) is 4.99 Å². The minimum absolute atomic E-state index is 0. The van der Waals surface area contributed by atoms with Crippen LogP contribution in [0.3, 0.4) is 0 Å². The number of allylic oxidation sites excluding steroid dienone is 1. The normalized spacial score (nSPS) is 14.5. The minimum Gasteiger partial charge on any atom is -0.381 e. The van der Waals surface area contributed by atoms with E-state index in [1.54, 1.807) is 0 Å². The molecule has 0 amide bonds. The van der Waals surface area contributed by atoms with Crippen molar-refractivity contribution in [2.24, 2.45) is 10.9 Å². The van der Waals surface area contributed by atoms with Crippen LogP contribution in [0.15, 0.2) is 17.6 Å². The van der Waals surface area contributed by atoms with Crippen LogP contribution in [0.4, 0.5) is 0 Å². The molecule has 1 saturated carbocycles. The van der Waals surface area contributed by atoms with E-state index in [2.05, 4.69) is 35.8 Å². The Hall–Kier alpha value is -0.300. The lowest BCUT2D eigenvalue weighted by Crippen LogP contribution is -2.39. The second-order valence-electron chi connectivity index (χ2n) is 5.46. The Kier molecular flexibility index (Phi) is 13.2. The summed E-state index contributed by atoms with van der Waals surface area (Å²) in [4.78, 5) is 6.84. The monoisotopic (exact) mass is 409 g/mol. The Labute approximate surface area is 147 Å². The number of hydrogen-bond donors (Lipinski definition) is 1. The third-order valence-electron chi connectivity index (χ3n) is 3.36. The van der Waals surface area contributed by atoms with Gasteiger partial charge in [-0.25, -0.2) is 0 Å². The smallest absolute Gasteiger partial charge is 0.193 e. The summed E-state index contributed by atoms with van der Waals surface area (Å²) in [6.07, 6.45) is 7.86. The molecule has 21 heavy (non-hydrogen) atoms. The largest absolute Gasteiger partial charge is 0.381 e. The summed E-state index contributed by atoms with van der Waals surface area (Å²) in [5.41, 5.74) is 0. The molecule has 0 aromatic heterocycles. The van der Waals surface area contributed by atoms with E-state index < -0.39 is 0 Å². The highest BCUT2D eigenvalue weighted by Crippen LogP contribution is 2.28. The van der Waals surface area contributed by atoms with Crippen molar-refractivity contribution in [3.05, 3.63) is 12.7 Å². The van der Waals surface area contributed by atoms with Crippen LogP contribution in [0.1, 0.15) is 39.0 Å². The molecule has 0 saturated heterocycles. The molecule has 0 aromatic rings. The third kappa shape index (κ3) is 11.0. The molecule has 0 aliphatic heterocycles. The number of guanidine groups is 1. The van der Waals surface area contributed by atoms with Crippen molar-refractivity contribution in [3.63, 3.8) is 0 Å². The number of ether oxygens (including phenoxy) is 1. The van der Waals surface area contributed by atoms with Crippen molar-refractivity contribution in [1.82, 2.24) is 10.2 Å². The molecule has 5 heteroatoms. The maximum absolute atomic E-state index is 5.62. The Morgan fingerprint density at radius 1 is 1.43 bits per heavy atom. The van der Waals surface area contributed by atoms with Gasteiger partial charge in [0.05, 0.1) is 0 Å². The summed E-state index contributed by atoms with van der Waals surface area (Å²) in [7, 11) is 2.09. The first-order chi connectivity index (χ1) is 9.77. The molecule has 0 spiro atoms. The molecule has 0 bridgehead atoms. The van der Waals surface area contributed by atoms with E-state index >= 15 is 0 Å². The summed E-state index contributed by atoms with van der Waals surface area (Å²) in [5.74, 6) is 1.85. The van der Waals surface area contributed by atoms with E-state index in [1.165, 1.54) is 12.8 Å². The zero-order valence-corrected chi connectivity index (χ0v) is 16.0. The number of nitrogens with one attached hydrogen (secondary N) is 1. The maximum atomic E-state index is 5.62. The fourth-order valence-corrected chi connectivity index (χ4v) is 1.93. The van der Waals surface area contributed by atoms with Gasteiger partial charge in [-0.2, -0.15) is 0 Å². The van der Waals surface area contributed by atoms with Gasteiger partial charge in [0.2, 0.25) is 0 Å². The molecule has 1 rings (SSSR count). The van der Waals surface area contributed by atoms with Crippen LogP contribution < -0.4 is 5.32 Å². The fraction of sp³-hybridized carbons (Fsp3) is 0.812. The second-order valence-corrected chi connectivity index (χ2v) is 5.46. The fourth-order valence-electron chi connectivity index (χ4n) is 1.93. The highest BCUT2D eigenvalue weighted by atomic mass is 127. The number of aliphatic imine (C=N–C) groups is 1. The van der Waals surface area contributed by atoms with Gasteiger partial charge < -0.3 is 15.0 Å². The average molecular weight is 409 g/mol. The molecule has 1 aliphatic carbocycles. The van der Waals surface area contributed by atoms with Crippen LogP contribution in [0.5, 0.6) is 0 Å². The lowest BCUT2D eigenvalue weighted by Gasteiger charge is -2.21. The van der Waals surface area contributed by atoms with Gasteiger partial charge in [0, 0.05) is 39.9 Å². The van der Waals surface area contributed by atoms with Crippen LogP contribution in [0.2, 0.25) is 0 Å². The highest BCUT2D eigenvalue weighted by Gasteiger charge is 2.20. The lowest BCUT2D eigenvalue weighted by atomic mass is 10.3. The van der Waals surface area contributed by atoms with Crippen LogP contribution in [-0.2, 0) is 4.74 Å². The maximum Gasteiger partial charge on any atom is 0.193 e. The quantitative estimate of drug-likeness (QED) is 0.187. The number of unbranched alkanes of at least 4 members (excludes halogenated alkanes) is 1. The standard InChI is InChI=1S/C16H31N3O.HI/c1-4-6-7-12-19(3)16(17-5-2)18-11-8-13-20-14-15-9-10-15;/h4,15H,1,5-14H2,2-3H3,(H,17,18);1H. The number of hydrogen-bond acceptors (Lipinski definition) is 2. The molecule has 0 unspecified atom stereocenters. The van der Waals surface area contributed by atoms with E-state index in [0.29, 0.717) is 0 Å². The third-order valence-corrected chi connectivity index (χ3v) is 3.36. The van der Waals surface area contributed by atoms with E-state index in [9.17, 15) is 0 Å². The minimum atomic E-state index is 0. The van der Waals surface area contributed by atoms with E-state index in [-0.39, 0.29) is 24.0 Å². The van der Waals surface area contributed by atoms with Crippen LogP contribution >= 0.6 is 24.0 Å². The predicted octanol–water partition coefficient (Wildman–Crippen LogP) is 3.28. The van der Waals surface area contributed by atoms with Crippen molar-refractivity contribution in [2.45, 2.75) is 39.0 Å². The van der Waals surface area contributed by atoms with Crippen LogP contribution in [-0.4, -0.2) is 50.8 Å². The molecule has 1 aliphatic rings. The van der Waals surface area contributed by atoms with Crippen molar-refractivity contribution in [1.29, 1.82) is 0 Å². The van der Waals surface area contributed by atoms with Crippen molar-refractivity contribution >= 4 is 29.9 Å². The zero-order valence-electron chi connectivity index (χ0n) is 13.6. The summed E-state index contributed by atoms with van der Waals surface area (Å²) < 4.78 is 5.62. The molecule has 0 radical (unpaired) electrons. The van der Waals surface area contributed by atoms with Gasteiger partial charge in [0.1, 0.15) is 0 Å². The van der Waals surface area contributed by atoms with Crippen LogP contribution in [0, 0.1) is 5.92 Å². The van der Waals surface area contributed by atoms with Gasteiger partial charge >= 0.3 is 0 Å². The average Bonchev–Trinajstić information content (AvgIpc) is 3.25. The molecule has 4 nitrogen and oxygen atoms in total. The lowest BCUT2D eigenvalue weighted by molar-refractivity contribution is 0.123. The number of rotatable bonds is 11. The molecule has 0 atom stereocenters. The number of halogens is 1. The topological polar surface area (TPSA) is 36.9 Å². The Bertz CT molecular complexity index is 293. The summed E-state index contributed by atoms with van der Waals surface area (Å²) in [6, 6.07) is 0. The molecule has 0 heterocycles. The second kappa shape index (κ2) is 13.4. The summed E-state index contributed by atoms with van der Waals surface area (Å²) in [5, 5.41) is 3.34. The van der Waals surface area contributed by atoms with Gasteiger partial charge in [-0.15, -0.1) is 30.6 Å². The Balaban J connectivity index is 0.00000400. The molecule has 1 N–H and O–H groups in total. The van der Waals surface area contributed by atoms with Gasteiger partial charge in [0.25, 0.3) is 0 Å². The van der Waals surface area contributed by atoms with Crippen LogP contribution in [0.25, 0.3) is 0 Å². The molecule has 1 fully saturated rings. The summed E-state index contributed by atoms with van der Waals surface area (Å²) >= 11 is 0. The first-order valence-electron chi connectivity index (χ1n) is 7.96. The van der Waals surface area contributed by atoms with E-state index in [1.807, 2.05) is 6.08 Å². The summed E-state index contributed by atoms with van der Waals surface area (Å²) in [6.45, 7) is 10.4. The van der Waals surface area contributed by atoms with Crippen molar-refractivity contribution < 1.29 is 4.74 Å². The molecular formula is C16H32IN3O. The van der Waals surface area contributed by atoms with Gasteiger partial charge in [-0.05, 0) is 44.9 Å². The molecule has 0 aromatic carbocycles. The first-order valence-corrected chi connectivity index (χ1v) is 7.96. The van der Waals surface area contributed by atoms with Crippen molar-refractivity contribution in [3.8, 4) is 0 Å². The van der Waals surface area contributed by atoms with Crippen molar-refractivity contribution in [2.75, 3.05) is 39.9 Å². The van der Waals surface area contributed by atoms with E-state index in [0.717, 1.165) is 64.0 Å². The Morgan fingerprint density at radius 2 is 2.19 bits per heavy atom. The highest BCUT2D eigenvalue weighted by molar-refractivity contribution is 14.0.